The van der Waals surface area contributed by atoms with E-state index in [1.165, 1.54) is 6.07 Å². The van der Waals surface area contributed by atoms with Crippen molar-refractivity contribution in [3.05, 3.63) is 29.6 Å². The van der Waals surface area contributed by atoms with Crippen LogP contribution in [0.15, 0.2) is 18.2 Å². The predicted octanol–water partition coefficient (Wildman–Crippen LogP) is 2.33. The molecule has 1 rings (SSSR count). The number of halogens is 1. The van der Waals surface area contributed by atoms with Gasteiger partial charge < -0.3 is 10.1 Å². The fourth-order valence-corrected chi connectivity index (χ4v) is 1.13. The lowest BCUT2D eigenvalue weighted by molar-refractivity contribution is 0.412. The third kappa shape index (κ3) is 3.00. The molecule has 0 unspecified atom stereocenters. The Morgan fingerprint density at radius 1 is 1.43 bits per heavy atom. The molecule has 0 heterocycles. The molecule has 14 heavy (non-hydrogen) atoms. The largest absolute Gasteiger partial charge is 0.497 e. The second-order valence-electron chi connectivity index (χ2n) is 3.49. The molecule has 0 aliphatic rings. The van der Waals surface area contributed by atoms with Gasteiger partial charge in [0.15, 0.2) is 0 Å². The molecule has 2 nitrogen and oxygen atoms in total. The average Bonchev–Trinajstić information content (AvgIpc) is 2.16. The molecule has 0 bridgehead atoms. The van der Waals surface area contributed by atoms with Crippen molar-refractivity contribution in [1.29, 1.82) is 0 Å². The average molecular weight is 197 g/mol. The van der Waals surface area contributed by atoms with Gasteiger partial charge in [0.2, 0.25) is 0 Å². The molecule has 1 N–H and O–H groups in total. The molecule has 1 aromatic carbocycles. The molecule has 0 saturated carbocycles. The van der Waals surface area contributed by atoms with Gasteiger partial charge in [-0.3, -0.25) is 0 Å². The Bertz CT molecular complexity index is 299. The highest BCUT2D eigenvalue weighted by Gasteiger charge is 2.04. The van der Waals surface area contributed by atoms with E-state index < -0.39 is 0 Å². The zero-order chi connectivity index (χ0) is 10.6. The van der Waals surface area contributed by atoms with Crippen LogP contribution in [-0.4, -0.2) is 13.2 Å². The van der Waals surface area contributed by atoms with Gasteiger partial charge in [-0.1, -0.05) is 13.8 Å². The predicted molar refractivity (Wildman–Crippen MR) is 54.9 cm³/mol. The minimum Gasteiger partial charge on any atom is -0.497 e. The molecule has 0 atom stereocenters. The fraction of sp³-hybridized carbons (Fsp3) is 0.455. The molecular formula is C11H16FNO. The lowest BCUT2D eigenvalue weighted by Gasteiger charge is -2.09. The van der Waals surface area contributed by atoms with E-state index in [9.17, 15) is 4.39 Å². The summed E-state index contributed by atoms with van der Waals surface area (Å²) >= 11 is 0. The number of hydrogen-bond acceptors (Lipinski definition) is 2. The lowest BCUT2D eigenvalue weighted by Crippen LogP contribution is -2.22. The summed E-state index contributed by atoms with van der Waals surface area (Å²) in [6.45, 7) is 4.58. The molecule has 3 heteroatoms. The van der Waals surface area contributed by atoms with E-state index in [1.54, 1.807) is 19.2 Å². The van der Waals surface area contributed by atoms with E-state index in [0.717, 1.165) is 0 Å². The van der Waals surface area contributed by atoms with Gasteiger partial charge in [0.1, 0.15) is 11.6 Å². The van der Waals surface area contributed by atoms with Gasteiger partial charge >= 0.3 is 0 Å². The zero-order valence-corrected chi connectivity index (χ0v) is 8.80. The van der Waals surface area contributed by atoms with Gasteiger partial charge in [-0.25, -0.2) is 4.39 Å². The monoisotopic (exact) mass is 197 g/mol. The maximum Gasteiger partial charge on any atom is 0.127 e. The van der Waals surface area contributed by atoms with Gasteiger partial charge in [-0.05, 0) is 18.2 Å². The van der Waals surface area contributed by atoms with Crippen LogP contribution in [0.25, 0.3) is 0 Å². The fourth-order valence-electron chi connectivity index (χ4n) is 1.13. The Balaban J connectivity index is 2.73. The smallest absolute Gasteiger partial charge is 0.127 e. The molecule has 0 fully saturated rings. The Hall–Kier alpha value is -1.09. The molecule has 0 aromatic heterocycles. The molecule has 0 amide bonds. The summed E-state index contributed by atoms with van der Waals surface area (Å²) in [4.78, 5) is 0. The molecule has 1 aromatic rings. The molecule has 78 valence electrons. The van der Waals surface area contributed by atoms with Gasteiger partial charge in [0, 0.05) is 18.2 Å². The standard InChI is InChI=1S/C11H16FNO/c1-8(2)13-7-9-6-10(14-3)4-5-11(9)12/h4-6,8,13H,7H2,1-3H3. The summed E-state index contributed by atoms with van der Waals surface area (Å²) in [5.41, 5.74) is 0.637. The van der Waals surface area contributed by atoms with Crippen molar-refractivity contribution < 1.29 is 9.13 Å². The van der Waals surface area contributed by atoms with Crippen molar-refractivity contribution in [2.75, 3.05) is 7.11 Å². The summed E-state index contributed by atoms with van der Waals surface area (Å²) in [5, 5.41) is 3.16. The molecule has 0 saturated heterocycles. The van der Waals surface area contributed by atoms with E-state index in [-0.39, 0.29) is 5.82 Å². The topological polar surface area (TPSA) is 21.3 Å². The van der Waals surface area contributed by atoms with Crippen LogP contribution < -0.4 is 10.1 Å². The highest BCUT2D eigenvalue weighted by molar-refractivity contribution is 5.29. The van der Waals surface area contributed by atoms with E-state index in [1.807, 2.05) is 13.8 Å². The molecule has 0 radical (unpaired) electrons. The highest BCUT2D eigenvalue weighted by atomic mass is 19.1. The molecular weight excluding hydrogens is 181 g/mol. The number of benzene rings is 1. The Morgan fingerprint density at radius 2 is 2.14 bits per heavy atom. The second-order valence-corrected chi connectivity index (χ2v) is 3.49. The maximum absolute atomic E-state index is 13.3. The van der Waals surface area contributed by atoms with Crippen molar-refractivity contribution in [3.63, 3.8) is 0 Å². The zero-order valence-electron chi connectivity index (χ0n) is 8.80. The van der Waals surface area contributed by atoms with Crippen LogP contribution in [0.2, 0.25) is 0 Å². The summed E-state index contributed by atoms with van der Waals surface area (Å²) in [5.74, 6) is 0.492. The number of rotatable bonds is 4. The summed E-state index contributed by atoms with van der Waals surface area (Å²) in [6.07, 6.45) is 0. The third-order valence-corrected chi connectivity index (χ3v) is 1.95. The van der Waals surface area contributed by atoms with E-state index in [0.29, 0.717) is 23.9 Å². The van der Waals surface area contributed by atoms with Crippen LogP contribution >= 0.6 is 0 Å². The maximum atomic E-state index is 13.3. The third-order valence-electron chi connectivity index (χ3n) is 1.95. The van der Waals surface area contributed by atoms with Crippen LogP contribution in [0.1, 0.15) is 19.4 Å². The van der Waals surface area contributed by atoms with Crippen molar-refractivity contribution in [3.8, 4) is 5.75 Å². The van der Waals surface area contributed by atoms with E-state index in [2.05, 4.69) is 5.32 Å². The number of methoxy groups -OCH3 is 1. The van der Waals surface area contributed by atoms with Crippen LogP contribution in [0.3, 0.4) is 0 Å². The van der Waals surface area contributed by atoms with Gasteiger partial charge in [-0.15, -0.1) is 0 Å². The quantitative estimate of drug-likeness (QED) is 0.799. The lowest BCUT2D eigenvalue weighted by atomic mass is 10.2. The first-order valence-corrected chi connectivity index (χ1v) is 4.69. The van der Waals surface area contributed by atoms with Crippen LogP contribution in [-0.2, 0) is 6.54 Å². The van der Waals surface area contributed by atoms with E-state index >= 15 is 0 Å². The summed E-state index contributed by atoms with van der Waals surface area (Å²) in [6, 6.07) is 5.11. The van der Waals surface area contributed by atoms with Crippen molar-refractivity contribution in [2.24, 2.45) is 0 Å². The minimum atomic E-state index is -0.195. The summed E-state index contributed by atoms with van der Waals surface area (Å²) < 4.78 is 18.3. The van der Waals surface area contributed by atoms with Crippen LogP contribution in [0, 0.1) is 5.82 Å². The Labute approximate surface area is 84.1 Å². The molecule has 0 spiro atoms. The van der Waals surface area contributed by atoms with Crippen LogP contribution in [0.5, 0.6) is 5.75 Å². The van der Waals surface area contributed by atoms with Crippen LogP contribution in [0.4, 0.5) is 4.39 Å². The SMILES string of the molecule is COc1ccc(F)c(CNC(C)C)c1. The normalized spacial score (nSPS) is 10.6. The molecule has 0 aliphatic carbocycles. The Kier molecular flexibility index (Phi) is 3.89. The first kappa shape index (κ1) is 11.0. The summed E-state index contributed by atoms with van der Waals surface area (Å²) in [7, 11) is 1.58. The van der Waals surface area contributed by atoms with Gasteiger partial charge in [0.05, 0.1) is 7.11 Å². The van der Waals surface area contributed by atoms with Gasteiger partial charge in [-0.2, -0.15) is 0 Å². The highest BCUT2D eigenvalue weighted by Crippen LogP contribution is 2.16. The second kappa shape index (κ2) is 4.96. The van der Waals surface area contributed by atoms with Crippen molar-refractivity contribution in [1.82, 2.24) is 5.32 Å². The first-order valence-electron chi connectivity index (χ1n) is 4.69. The number of ether oxygens (including phenoxy) is 1. The minimum absolute atomic E-state index is 0.195. The van der Waals surface area contributed by atoms with Crippen molar-refractivity contribution >= 4 is 0 Å². The Morgan fingerprint density at radius 3 is 2.71 bits per heavy atom. The van der Waals surface area contributed by atoms with Gasteiger partial charge in [0.25, 0.3) is 0 Å². The molecule has 0 aliphatic heterocycles. The number of nitrogens with one attached hydrogen (secondary N) is 1. The van der Waals surface area contributed by atoms with E-state index in [4.69, 9.17) is 4.74 Å². The van der Waals surface area contributed by atoms with Crippen molar-refractivity contribution in [2.45, 2.75) is 26.4 Å². The number of hydrogen-bond donors (Lipinski definition) is 1. The first-order chi connectivity index (χ1) is 6.63.